The van der Waals surface area contributed by atoms with Crippen LogP contribution in [0.25, 0.3) is 0 Å². The second-order valence-electron chi connectivity index (χ2n) is 5.23. The summed E-state index contributed by atoms with van der Waals surface area (Å²) in [5.41, 5.74) is 1.09. The average Bonchev–Trinajstić information content (AvgIpc) is 2.40. The van der Waals surface area contributed by atoms with E-state index >= 15 is 0 Å². The van der Waals surface area contributed by atoms with Gasteiger partial charge in [0.05, 0.1) is 21.5 Å². The van der Waals surface area contributed by atoms with Crippen LogP contribution in [-0.2, 0) is 9.84 Å². The monoisotopic (exact) mass is 312 g/mol. The van der Waals surface area contributed by atoms with Gasteiger partial charge in [-0.15, -0.1) is 0 Å². The highest BCUT2D eigenvalue weighted by molar-refractivity contribution is 7.91. The first-order valence-corrected chi connectivity index (χ1v) is 8.89. The third kappa shape index (κ3) is 3.44. The molecule has 0 aliphatic heterocycles. The molecule has 108 valence electrons. The van der Waals surface area contributed by atoms with Crippen molar-refractivity contribution in [2.45, 2.75) is 37.0 Å². The molecule has 0 unspecified atom stereocenters. The van der Waals surface area contributed by atoms with Crippen molar-refractivity contribution in [3.8, 4) is 6.07 Å². The Morgan fingerprint density at radius 2 is 2.15 bits per heavy atom. The van der Waals surface area contributed by atoms with E-state index < -0.39 is 9.84 Å². The zero-order chi connectivity index (χ0) is 14.8. The lowest BCUT2D eigenvalue weighted by Crippen LogP contribution is -2.34. The molecule has 2 rings (SSSR count). The lowest BCUT2D eigenvalue weighted by Gasteiger charge is -2.29. The summed E-state index contributed by atoms with van der Waals surface area (Å²) >= 11 is 6.12. The molecule has 20 heavy (non-hydrogen) atoms. The third-order valence-corrected chi connectivity index (χ3v) is 5.67. The molecule has 1 fully saturated rings. The number of hydrogen-bond donors (Lipinski definition) is 1. The van der Waals surface area contributed by atoms with Crippen molar-refractivity contribution < 1.29 is 8.42 Å². The van der Waals surface area contributed by atoms with Gasteiger partial charge in [0.25, 0.3) is 0 Å². The molecule has 0 saturated heterocycles. The van der Waals surface area contributed by atoms with E-state index in [0.717, 1.165) is 12.8 Å². The van der Waals surface area contributed by atoms with E-state index in [4.69, 9.17) is 16.9 Å². The van der Waals surface area contributed by atoms with Crippen LogP contribution >= 0.6 is 11.6 Å². The first-order valence-electron chi connectivity index (χ1n) is 6.56. The maximum absolute atomic E-state index is 11.7. The summed E-state index contributed by atoms with van der Waals surface area (Å²) in [4.78, 5) is 0. The highest BCUT2D eigenvalue weighted by Crippen LogP contribution is 2.31. The molecule has 1 aromatic rings. The highest BCUT2D eigenvalue weighted by atomic mass is 35.5. The summed E-state index contributed by atoms with van der Waals surface area (Å²) < 4.78 is 23.3. The van der Waals surface area contributed by atoms with Crippen molar-refractivity contribution in [3.05, 3.63) is 28.8 Å². The van der Waals surface area contributed by atoms with Crippen LogP contribution in [0.4, 0.5) is 5.69 Å². The Balaban J connectivity index is 2.17. The van der Waals surface area contributed by atoms with E-state index in [2.05, 4.69) is 11.4 Å². The van der Waals surface area contributed by atoms with Gasteiger partial charge in [0.1, 0.15) is 15.9 Å². The minimum atomic E-state index is -3.01. The molecule has 1 aromatic carbocycles. The smallest absolute Gasteiger partial charge is 0.150 e. The van der Waals surface area contributed by atoms with Crippen molar-refractivity contribution in [2.24, 2.45) is 0 Å². The number of nitrogens with one attached hydrogen (secondary N) is 1. The fourth-order valence-electron chi connectivity index (χ4n) is 2.63. The maximum atomic E-state index is 11.7. The predicted molar refractivity (Wildman–Crippen MR) is 80.7 cm³/mol. The minimum absolute atomic E-state index is 0.0375. The maximum Gasteiger partial charge on any atom is 0.150 e. The average molecular weight is 313 g/mol. The first-order chi connectivity index (χ1) is 9.41. The molecular formula is C14H17ClN2O2S. The van der Waals surface area contributed by atoms with E-state index in [9.17, 15) is 8.42 Å². The first kappa shape index (κ1) is 15.1. The summed E-state index contributed by atoms with van der Waals surface area (Å²) in [6.07, 6.45) is 4.32. The highest BCUT2D eigenvalue weighted by Gasteiger charge is 2.29. The summed E-state index contributed by atoms with van der Waals surface area (Å²) in [7, 11) is -3.01. The van der Waals surface area contributed by atoms with Crippen molar-refractivity contribution in [1.29, 1.82) is 5.26 Å². The summed E-state index contributed by atoms with van der Waals surface area (Å²) in [5, 5.41) is 12.5. The van der Waals surface area contributed by atoms with Gasteiger partial charge in [-0.2, -0.15) is 5.26 Å². The number of hydrogen-bond acceptors (Lipinski definition) is 4. The fourth-order valence-corrected chi connectivity index (χ4v) is 4.04. The normalized spacial score (nSPS) is 23.1. The number of benzene rings is 1. The Bertz CT molecular complexity index is 637. The number of anilines is 1. The van der Waals surface area contributed by atoms with Crippen LogP contribution in [0.15, 0.2) is 18.2 Å². The molecule has 0 spiro atoms. The van der Waals surface area contributed by atoms with Crippen molar-refractivity contribution in [1.82, 2.24) is 0 Å². The van der Waals surface area contributed by atoms with Gasteiger partial charge in [-0.25, -0.2) is 8.42 Å². The molecule has 2 atom stereocenters. The number of nitriles is 1. The second kappa shape index (κ2) is 6.02. The molecule has 0 aromatic heterocycles. The van der Waals surface area contributed by atoms with Crippen LogP contribution in [-0.4, -0.2) is 26.0 Å². The Kier molecular flexibility index (Phi) is 4.56. The van der Waals surface area contributed by atoms with Gasteiger partial charge >= 0.3 is 0 Å². The van der Waals surface area contributed by atoms with Crippen LogP contribution in [0.5, 0.6) is 0 Å². The number of nitrogens with zero attached hydrogens (tertiary/aromatic N) is 1. The molecule has 6 heteroatoms. The quantitative estimate of drug-likeness (QED) is 0.931. The van der Waals surface area contributed by atoms with E-state index in [-0.39, 0.29) is 11.3 Å². The number of para-hydroxylation sites is 1. The van der Waals surface area contributed by atoms with Crippen LogP contribution < -0.4 is 5.32 Å². The van der Waals surface area contributed by atoms with Crippen LogP contribution in [0, 0.1) is 11.3 Å². The van der Waals surface area contributed by atoms with Crippen molar-refractivity contribution >= 4 is 27.1 Å². The lowest BCUT2D eigenvalue weighted by atomic mass is 9.94. The molecule has 1 N–H and O–H groups in total. The van der Waals surface area contributed by atoms with Gasteiger partial charge in [-0.3, -0.25) is 0 Å². The van der Waals surface area contributed by atoms with E-state index in [1.54, 1.807) is 18.2 Å². The Hall–Kier alpha value is -1.25. The molecular weight excluding hydrogens is 296 g/mol. The fraction of sp³-hybridized carbons (Fsp3) is 0.500. The molecule has 1 saturated carbocycles. The molecule has 1 aliphatic carbocycles. The molecule has 0 radical (unpaired) electrons. The van der Waals surface area contributed by atoms with Gasteiger partial charge in [-0.1, -0.05) is 24.1 Å². The van der Waals surface area contributed by atoms with E-state index in [1.807, 2.05) is 0 Å². The topological polar surface area (TPSA) is 70.0 Å². The molecule has 0 heterocycles. The van der Waals surface area contributed by atoms with Crippen molar-refractivity contribution in [2.75, 3.05) is 11.6 Å². The largest absolute Gasteiger partial charge is 0.380 e. The van der Waals surface area contributed by atoms with Crippen LogP contribution in [0.3, 0.4) is 0 Å². The summed E-state index contributed by atoms with van der Waals surface area (Å²) in [6.45, 7) is 0. The lowest BCUT2D eigenvalue weighted by molar-refractivity contribution is 0.453. The second-order valence-corrected chi connectivity index (χ2v) is 7.97. The Morgan fingerprint density at radius 1 is 1.40 bits per heavy atom. The third-order valence-electron chi connectivity index (χ3n) is 3.71. The van der Waals surface area contributed by atoms with E-state index in [0.29, 0.717) is 29.1 Å². The molecule has 4 nitrogen and oxygen atoms in total. The number of sulfone groups is 1. The Morgan fingerprint density at radius 3 is 2.80 bits per heavy atom. The number of rotatable bonds is 3. The van der Waals surface area contributed by atoms with Crippen molar-refractivity contribution in [3.63, 3.8) is 0 Å². The van der Waals surface area contributed by atoms with Gasteiger partial charge < -0.3 is 5.32 Å². The zero-order valence-corrected chi connectivity index (χ0v) is 12.8. The van der Waals surface area contributed by atoms with Gasteiger partial charge in [0.2, 0.25) is 0 Å². The minimum Gasteiger partial charge on any atom is -0.380 e. The summed E-state index contributed by atoms with van der Waals surface area (Å²) in [6, 6.07) is 7.29. The van der Waals surface area contributed by atoms with Gasteiger partial charge in [0, 0.05) is 12.3 Å². The standard InChI is InChI=1S/C14H17ClN2O2S/c1-20(18,19)12-6-3-5-11(8-12)17-14-10(9-16)4-2-7-13(14)15/h2,4,7,11-12,17H,3,5-6,8H2,1H3/t11-,12+/m1/s1. The van der Waals surface area contributed by atoms with E-state index in [1.165, 1.54) is 6.26 Å². The summed E-state index contributed by atoms with van der Waals surface area (Å²) in [5.74, 6) is 0. The predicted octanol–water partition coefficient (Wildman–Crippen LogP) is 2.98. The van der Waals surface area contributed by atoms with Crippen LogP contribution in [0.1, 0.15) is 31.2 Å². The zero-order valence-electron chi connectivity index (χ0n) is 11.3. The SMILES string of the molecule is CS(=O)(=O)[C@H]1CCC[C@@H](Nc2c(Cl)cccc2C#N)C1. The van der Waals surface area contributed by atoms with Crippen LogP contribution in [0.2, 0.25) is 5.02 Å². The molecule has 0 bridgehead atoms. The van der Waals surface area contributed by atoms with Gasteiger partial charge in [0.15, 0.2) is 0 Å². The Labute approximate surface area is 124 Å². The molecule has 0 amide bonds. The number of halogens is 1. The van der Waals surface area contributed by atoms with Gasteiger partial charge in [-0.05, 0) is 31.4 Å². The molecule has 1 aliphatic rings.